The summed E-state index contributed by atoms with van der Waals surface area (Å²) in [5, 5.41) is 3.08. The fraction of sp³-hybridized carbons (Fsp3) is 1.00. The standard InChI is InChI=1S/C6H13FN2/c1-9-3-2-8-6(4-7)5-9/h6,8H,2-5H2,1H3/t6-/m1/s1. The molecule has 1 saturated heterocycles. The molecule has 0 saturated carbocycles. The average molecular weight is 132 g/mol. The van der Waals surface area contributed by atoms with E-state index in [4.69, 9.17) is 0 Å². The smallest absolute Gasteiger partial charge is 0.106 e. The Morgan fingerprint density at radius 1 is 1.78 bits per heavy atom. The molecule has 0 radical (unpaired) electrons. The first-order chi connectivity index (χ1) is 4.33. The first-order valence-corrected chi connectivity index (χ1v) is 3.31. The zero-order chi connectivity index (χ0) is 6.69. The van der Waals surface area contributed by atoms with Gasteiger partial charge in [-0.25, -0.2) is 4.39 Å². The van der Waals surface area contributed by atoms with Gasteiger partial charge in [-0.3, -0.25) is 0 Å². The van der Waals surface area contributed by atoms with Crippen molar-refractivity contribution in [3.05, 3.63) is 0 Å². The zero-order valence-electron chi connectivity index (χ0n) is 5.73. The summed E-state index contributed by atoms with van der Waals surface area (Å²) in [6.07, 6.45) is 0. The normalized spacial score (nSPS) is 30.7. The number of nitrogens with one attached hydrogen (secondary N) is 1. The first kappa shape index (κ1) is 6.96. The molecule has 1 rings (SSSR count). The molecule has 1 fully saturated rings. The SMILES string of the molecule is CN1CCN[C@H](CF)C1. The third-order valence-electron chi connectivity index (χ3n) is 1.64. The van der Waals surface area contributed by atoms with Gasteiger partial charge in [0.2, 0.25) is 0 Å². The van der Waals surface area contributed by atoms with Crippen molar-refractivity contribution in [3.8, 4) is 0 Å². The maximum atomic E-state index is 12.0. The zero-order valence-corrected chi connectivity index (χ0v) is 5.73. The Bertz CT molecular complexity index is 87.1. The van der Waals surface area contributed by atoms with Gasteiger partial charge in [0.05, 0.1) is 0 Å². The van der Waals surface area contributed by atoms with Crippen molar-refractivity contribution in [2.75, 3.05) is 33.4 Å². The van der Waals surface area contributed by atoms with Gasteiger partial charge in [-0.2, -0.15) is 0 Å². The highest BCUT2D eigenvalue weighted by Crippen LogP contribution is 1.95. The number of hydrogen-bond donors (Lipinski definition) is 1. The Labute approximate surface area is 55.0 Å². The molecule has 9 heavy (non-hydrogen) atoms. The third kappa shape index (κ3) is 1.91. The highest BCUT2D eigenvalue weighted by Gasteiger charge is 2.14. The van der Waals surface area contributed by atoms with Crippen LogP contribution in [-0.2, 0) is 0 Å². The predicted octanol–water partition coefficient (Wildman–Crippen LogP) is -0.141. The lowest BCUT2D eigenvalue weighted by Crippen LogP contribution is -2.49. The van der Waals surface area contributed by atoms with Gasteiger partial charge in [0.1, 0.15) is 6.67 Å². The quantitative estimate of drug-likeness (QED) is 0.534. The lowest BCUT2D eigenvalue weighted by atomic mass is 10.2. The van der Waals surface area contributed by atoms with Crippen molar-refractivity contribution < 1.29 is 4.39 Å². The Kier molecular flexibility index (Phi) is 2.42. The van der Waals surface area contributed by atoms with Crippen LogP contribution in [0.15, 0.2) is 0 Å². The van der Waals surface area contributed by atoms with Gasteiger partial charge >= 0.3 is 0 Å². The number of halogens is 1. The maximum Gasteiger partial charge on any atom is 0.106 e. The minimum Gasteiger partial charge on any atom is -0.309 e. The van der Waals surface area contributed by atoms with Gasteiger partial charge in [0.15, 0.2) is 0 Å². The molecule has 0 aromatic rings. The number of hydrogen-bond acceptors (Lipinski definition) is 2. The number of nitrogens with zero attached hydrogens (tertiary/aromatic N) is 1. The number of piperazine rings is 1. The molecule has 1 aliphatic rings. The van der Waals surface area contributed by atoms with Gasteiger partial charge in [-0.05, 0) is 7.05 Å². The third-order valence-corrected chi connectivity index (χ3v) is 1.64. The molecule has 1 heterocycles. The van der Waals surface area contributed by atoms with Gasteiger partial charge in [0.25, 0.3) is 0 Å². The van der Waals surface area contributed by atoms with Gasteiger partial charge in [0, 0.05) is 25.7 Å². The van der Waals surface area contributed by atoms with E-state index >= 15 is 0 Å². The number of rotatable bonds is 1. The Balaban J connectivity index is 2.23. The highest BCUT2D eigenvalue weighted by atomic mass is 19.1. The van der Waals surface area contributed by atoms with Crippen LogP contribution in [0.5, 0.6) is 0 Å². The van der Waals surface area contributed by atoms with E-state index < -0.39 is 0 Å². The van der Waals surface area contributed by atoms with E-state index in [2.05, 4.69) is 10.2 Å². The van der Waals surface area contributed by atoms with E-state index in [1.807, 2.05) is 7.05 Å². The van der Waals surface area contributed by atoms with E-state index in [1.54, 1.807) is 0 Å². The van der Waals surface area contributed by atoms with E-state index in [9.17, 15) is 4.39 Å². The number of alkyl halides is 1. The fourth-order valence-corrected chi connectivity index (χ4v) is 1.09. The average Bonchev–Trinajstić information content (AvgIpc) is 1.88. The molecule has 1 aliphatic heterocycles. The van der Waals surface area contributed by atoms with Crippen molar-refractivity contribution >= 4 is 0 Å². The molecule has 0 unspecified atom stereocenters. The molecule has 0 bridgehead atoms. The molecular weight excluding hydrogens is 119 g/mol. The number of likely N-dealkylation sites (N-methyl/N-ethyl adjacent to an activating group) is 1. The summed E-state index contributed by atoms with van der Waals surface area (Å²) in [6.45, 7) is 2.56. The molecule has 0 aromatic heterocycles. The van der Waals surface area contributed by atoms with Crippen molar-refractivity contribution in [1.29, 1.82) is 0 Å². The van der Waals surface area contributed by atoms with Crippen molar-refractivity contribution in [2.45, 2.75) is 6.04 Å². The van der Waals surface area contributed by atoms with Crippen LogP contribution < -0.4 is 5.32 Å². The molecule has 0 aromatic carbocycles. The summed E-state index contributed by atoms with van der Waals surface area (Å²) in [7, 11) is 2.02. The van der Waals surface area contributed by atoms with Crippen LogP contribution in [0.2, 0.25) is 0 Å². The second kappa shape index (κ2) is 3.13. The second-order valence-electron chi connectivity index (χ2n) is 2.57. The minimum absolute atomic E-state index is 0.0729. The van der Waals surface area contributed by atoms with Gasteiger partial charge in [-0.15, -0.1) is 0 Å². The van der Waals surface area contributed by atoms with Crippen LogP contribution in [-0.4, -0.2) is 44.3 Å². The first-order valence-electron chi connectivity index (χ1n) is 3.31. The van der Waals surface area contributed by atoms with Gasteiger partial charge in [-0.1, -0.05) is 0 Å². The molecule has 0 aliphatic carbocycles. The Morgan fingerprint density at radius 2 is 2.56 bits per heavy atom. The maximum absolute atomic E-state index is 12.0. The van der Waals surface area contributed by atoms with E-state index in [-0.39, 0.29) is 12.7 Å². The van der Waals surface area contributed by atoms with E-state index in [1.165, 1.54) is 0 Å². The topological polar surface area (TPSA) is 15.3 Å². The minimum atomic E-state index is -0.246. The van der Waals surface area contributed by atoms with Crippen LogP contribution in [0, 0.1) is 0 Å². The Morgan fingerprint density at radius 3 is 3.00 bits per heavy atom. The summed E-state index contributed by atoms with van der Waals surface area (Å²) in [4.78, 5) is 2.14. The van der Waals surface area contributed by atoms with Crippen LogP contribution in [0.25, 0.3) is 0 Å². The van der Waals surface area contributed by atoms with Crippen LogP contribution in [0.1, 0.15) is 0 Å². The second-order valence-corrected chi connectivity index (χ2v) is 2.57. The van der Waals surface area contributed by atoms with Crippen LogP contribution in [0.3, 0.4) is 0 Å². The largest absolute Gasteiger partial charge is 0.309 e. The molecule has 54 valence electrons. The summed E-state index contributed by atoms with van der Waals surface area (Å²) < 4.78 is 12.0. The van der Waals surface area contributed by atoms with E-state index in [0.29, 0.717) is 0 Å². The molecule has 0 amide bonds. The van der Waals surface area contributed by atoms with Crippen molar-refractivity contribution in [2.24, 2.45) is 0 Å². The molecule has 3 heteroatoms. The van der Waals surface area contributed by atoms with Gasteiger partial charge < -0.3 is 10.2 Å². The summed E-state index contributed by atoms with van der Waals surface area (Å²) >= 11 is 0. The molecule has 2 nitrogen and oxygen atoms in total. The summed E-state index contributed by atoms with van der Waals surface area (Å²) in [6, 6.07) is 0.0729. The van der Waals surface area contributed by atoms with E-state index in [0.717, 1.165) is 19.6 Å². The fourth-order valence-electron chi connectivity index (χ4n) is 1.09. The molecular formula is C6H13FN2. The summed E-state index contributed by atoms with van der Waals surface area (Å²) in [5.74, 6) is 0. The predicted molar refractivity (Wildman–Crippen MR) is 35.3 cm³/mol. The van der Waals surface area contributed by atoms with Crippen molar-refractivity contribution in [3.63, 3.8) is 0 Å². The molecule has 0 spiro atoms. The lowest BCUT2D eigenvalue weighted by molar-refractivity contribution is 0.213. The lowest BCUT2D eigenvalue weighted by Gasteiger charge is -2.28. The molecule has 1 N–H and O–H groups in total. The van der Waals surface area contributed by atoms with Crippen LogP contribution in [0.4, 0.5) is 4.39 Å². The van der Waals surface area contributed by atoms with Crippen molar-refractivity contribution in [1.82, 2.24) is 10.2 Å². The molecule has 1 atom stereocenters. The summed E-state index contributed by atoms with van der Waals surface area (Å²) in [5.41, 5.74) is 0. The highest BCUT2D eigenvalue weighted by molar-refractivity contribution is 4.75. The monoisotopic (exact) mass is 132 g/mol. The Hall–Kier alpha value is -0.150. The van der Waals surface area contributed by atoms with Crippen LogP contribution >= 0.6 is 0 Å².